The molecule has 2 rings (SSSR count). The number of rotatable bonds is 6. The molecule has 5 nitrogen and oxygen atoms in total. The van der Waals surface area contributed by atoms with Crippen LogP contribution in [0.4, 0.5) is 5.82 Å². The summed E-state index contributed by atoms with van der Waals surface area (Å²) in [4.78, 5) is 26.9. The lowest BCUT2D eigenvalue weighted by atomic mass is 10.0. The zero-order valence-corrected chi connectivity index (χ0v) is 13.3. The van der Waals surface area contributed by atoms with E-state index in [0.29, 0.717) is 5.82 Å². The van der Waals surface area contributed by atoms with Crippen molar-refractivity contribution in [3.8, 4) is 0 Å². The zero-order chi connectivity index (χ0) is 16.1. The van der Waals surface area contributed by atoms with E-state index in [-0.39, 0.29) is 23.3 Å². The topological polar surface area (TPSA) is 66.9 Å². The number of nitrogens with one attached hydrogen (secondary N) is 2. The second-order valence-electron chi connectivity index (χ2n) is 5.69. The van der Waals surface area contributed by atoms with Gasteiger partial charge in [-0.25, -0.2) is 4.79 Å². The molecule has 1 atom stereocenters. The molecule has 0 spiro atoms. The summed E-state index contributed by atoms with van der Waals surface area (Å²) in [6.45, 7) is 5.73. The summed E-state index contributed by atoms with van der Waals surface area (Å²) in [6.07, 6.45) is 1.92. The third-order valence-electron chi connectivity index (χ3n) is 3.59. The number of benzene rings is 1. The van der Waals surface area contributed by atoms with E-state index >= 15 is 0 Å². The molecular weight excluding hydrogens is 278 g/mol. The van der Waals surface area contributed by atoms with Crippen LogP contribution >= 0.6 is 0 Å². The Hall–Kier alpha value is -2.30. The number of aromatic amines is 1. The Kier molecular flexibility index (Phi) is 5.20. The predicted octanol–water partition coefficient (Wildman–Crippen LogP) is 3.07. The molecule has 1 heterocycles. The van der Waals surface area contributed by atoms with E-state index in [9.17, 15) is 9.59 Å². The smallest absolute Gasteiger partial charge is 0.330 e. The van der Waals surface area contributed by atoms with E-state index in [1.807, 2.05) is 44.2 Å². The number of anilines is 1. The molecule has 0 aliphatic rings. The Morgan fingerprint density at radius 3 is 2.41 bits per heavy atom. The summed E-state index contributed by atoms with van der Waals surface area (Å²) in [6, 6.07) is 11.4. The van der Waals surface area contributed by atoms with Gasteiger partial charge in [0.25, 0.3) is 5.56 Å². The van der Waals surface area contributed by atoms with Crippen LogP contribution in [-0.2, 0) is 0 Å². The van der Waals surface area contributed by atoms with Crippen LogP contribution in [0.5, 0.6) is 0 Å². The minimum absolute atomic E-state index is 0.0659. The lowest BCUT2D eigenvalue weighted by molar-refractivity contribution is 0.545. The Morgan fingerprint density at radius 1 is 1.18 bits per heavy atom. The van der Waals surface area contributed by atoms with Crippen molar-refractivity contribution in [2.45, 2.75) is 45.7 Å². The molecule has 0 radical (unpaired) electrons. The Balaban J connectivity index is 2.32. The number of hydrogen-bond donors (Lipinski definition) is 2. The molecule has 22 heavy (non-hydrogen) atoms. The predicted molar refractivity (Wildman–Crippen MR) is 89.4 cm³/mol. The lowest BCUT2D eigenvalue weighted by Crippen LogP contribution is -2.36. The van der Waals surface area contributed by atoms with Gasteiger partial charge < -0.3 is 5.32 Å². The van der Waals surface area contributed by atoms with Gasteiger partial charge in [0.1, 0.15) is 5.82 Å². The lowest BCUT2D eigenvalue weighted by Gasteiger charge is -2.20. The van der Waals surface area contributed by atoms with E-state index in [0.717, 1.165) is 18.4 Å². The van der Waals surface area contributed by atoms with Crippen molar-refractivity contribution < 1.29 is 0 Å². The molecule has 1 aromatic heterocycles. The number of aromatic nitrogens is 2. The minimum atomic E-state index is -0.381. The highest BCUT2D eigenvalue weighted by atomic mass is 16.2. The van der Waals surface area contributed by atoms with Gasteiger partial charge >= 0.3 is 5.69 Å². The van der Waals surface area contributed by atoms with Crippen LogP contribution in [0.3, 0.4) is 0 Å². The van der Waals surface area contributed by atoms with Crippen LogP contribution in [0.15, 0.2) is 46.0 Å². The maximum absolute atomic E-state index is 12.1. The molecule has 0 aliphatic carbocycles. The van der Waals surface area contributed by atoms with Crippen LogP contribution in [-0.4, -0.2) is 9.55 Å². The molecule has 0 aliphatic heterocycles. The van der Waals surface area contributed by atoms with Gasteiger partial charge in [0.2, 0.25) is 0 Å². The van der Waals surface area contributed by atoms with E-state index in [2.05, 4.69) is 17.2 Å². The van der Waals surface area contributed by atoms with Gasteiger partial charge in [0.15, 0.2) is 0 Å². The molecule has 0 bridgehead atoms. The molecule has 2 aromatic rings. The van der Waals surface area contributed by atoms with E-state index in [1.54, 1.807) is 0 Å². The maximum Gasteiger partial charge on any atom is 0.330 e. The fourth-order valence-electron chi connectivity index (χ4n) is 2.56. The summed E-state index contributed by atoms with van der Waals surface area (Å²) < 4.78 is 1.21. The van der Waals surface area contributed by atoms with Gasteiger partial charge in [-0.2, -0.15) is 0 Å². The van der Waals surface area contributed by atoms with Crippen molar-refractivity contribution in [2.75, 3.05) is 5.32 Å². The second-order valence-corrected chi connectivity index (χ2v) is 5.69. The average molecular weight is 301 g/mol. The number of hydrogen-bond acceptors (Lipinski definition) is 3. The SMILES string of the molecule is CCC[C@H](Nc1cc(=O)n(C(C)C)c(=O)[nH]1)c1ccccc1. The quantitative estimate of drug-likeness (QED) is 0.861. The van der Waals surface area contributed by atoms with Crippen molar-refractivity contribution in [3.05, 3.63) is 62.8 Å². The fraction of sp³-hybridized carbons (Fsp3) is 0.412. The summed E-state index contributed by atoms with van der Waals surface area (Å²) in [5, 5.41) is 3.28. The van der Waals surface area contributed by atoms with Crippen molar-refractivity contribution in [1.82, 2.24) is 9.55 Å². The average Bonchev–Trinajstić information content (AvgIpc) is 2.46. The first-order chi connectivity index (χ1) is 10.5. The molecule has 0 unspecified atom stereocenters. The number of nitrogens with zero attached hydrogens (tertiary/aromatic N) is 1. The summed E-state index contributed by atoms with van der Waals surface area (Å²) >= 11 is 0. The first-order valence-corrected chi connectivity index (χ1v) is 7.70. The van der Waals surface area contributed by atoms with Crippen LogP contribution in [0.25, 0.3) is 0 Å². The van der Waals surface area contributed by atoms with Crippen LogP contribution in [0, 0.1) is 0 Å². The van der Waals surface area contributed by atoms with Crippen molar-refractivity contribution in [2.24, 2.45) is 0 Å². The molecule has 0 saturated heterocycles. The fourth-order valence-corrected chi connectivity index (χ4v) is 2.56. The molecular formula is C17H23N3O2. The first kappa shape index (κ1) is 16.1. The third kappa shape index (κ3) is 3.67. The van der Waals surface area contributed by atoms with Gasteiger partial charge in [-0.15, -0.1) is 0 Å². The first-order valence-electron chi connectivity index (χ1n) is 7.70. The highest BCUT2D eigenvalue weighted by molar-refractivity contribution is 5.37. The molecule has 1 aromatic carbocycles. The van der Waals surface area contributed by atoms with E-state index in [4.69, 9.17) is 0 Å². The standard InChI is InChI=1S/C17H23N3O2/c1-4-8-14(13-9-6-5-7-10-13)18-15-11-16(21)20(12(2)3)17(22)19-15/h5-7,9-12,14,18H,4,8H2,1-3H3,(H,19,22)/t14-/m0/s1. The Bertz CT molecular complexity index is 685. The maximum atomic E-state index is 12.1. The van der Waals surface area contributed by atoms with Gasteiger partial charge in [-0.3, -0.25) is 14.3 Å². The summed E-state index contributed by atoms with van der Waals surface area (Å²) in [5.74, 6) is 0.467. The third-order valence-corrected chi connectivity index (χ3v) is 3.59. The molecule has 0 saturated carbocycles. The molecule has 2 N–H and O–H groups in total. The van der Waals surface area contributed by atoms with Gasteiger partial charge in [-0.05, 0) is 25.8 Å². The summed E-state index contributed by atoms with van der Waals surface area (Å²) in [7, 11) is 0. The van der Waals surface area contributed by atoms with E-state index in [1.165, 1.54) is 10.6 Å². The van der Waals surface area contributed by atoms with Crippen LogP contribution in [0.2, 0.25) is 0 Å². The minimum Gasteiger partial charge on any atom is -0.365 e. The highest BCUT2D eigenvalue weighted by Crippen LogP contribution is 2.21. The molecule has 5 heteroatoms. The van der Waals surface area contributed by atoms with Crippen LogP contribution < -0.4 is 16.6 Å². The molecule has 118 valence electrons. The number of H-pyrrole nitrogens is 1. The van der Waals surface area contributed by atoms with Gasteiger partial charge in [0, 0.05) is 12.1 Å². The summed E-state index contributed by atoms with van der Waals surface area (Å²) in [5.41, 5.74) is 0.469. The van der Waals surface area contributed by atoms with Gasteiger partial charge in [-0.1, -0.05) is 43.7 Å². The molecule has 0 amide bonds. The van der Waals surface area contributed by atoms with Crippen molar-refractivity contribution >= 4 is 5.82 Å². The van der Waals surface area contributed by atoms with Crippen molar-refractivity contribution in [1.29, 1.82) is 0 Å². The van der Waals surface area contributed by atoms with Crippen LogP contribution in [0.1, 0.15) is 51.3 Å². The Morgan fingerprint density at radius 2 is 1.86 bits per heavy atom. The second kappa shape index (κ2) is 7.11. The normalized spacial score (nSPS) is 12.4. The molecule has 0 fully saturated rings. The van der Waals surface area contributed by atoms with Gasteiger partial charge in [0.05, 0.1) is 6.04 Å². The largest absolute Gasteiger partial charge is 0.365 e. The monoisotopic (exact) mass is 301 g/mol. The Labute approximate surface area is 130 Å². The highest BCUT2D eigenvalue weighted by Gasteiger charge is 2.13. The van der Waals surface area contributed by atoms with E-state index < -0.39 is 0 Å². The zero-order valence-electron chi connectivity index (χ0n) is 13.3. The van der Waals surface area contributed by atoms with Crippen molar-refractivity contribution in [3.63, 3.8) is 0 Å².